The molecule has 0 aromatic heterocycles. The van der Waals surface area contributed by atoms with Crippen LogP contribution in [0.5, 0.6) is 5.75 Å². The van der Waals surface area contributed by atoms with Crippen molar-refractivity contribution in [1.82, 2.24) is 9.80 Å². The molecule has 2 aliphatic heterocycles. The lowest BCUT2D eigenvalue weighted by molar-refractivity contribution is -0.141. The number of primary amides is 1. The number of rotatable bonds is 6. The van der Waals surface area contributed by atoms with Gasteiger partial charge < -0.3 is 20.3 Å². The highest BCUT2D eigenvalue weighted by Gasteiger charge is 2.37. The summed E-state index contributed by atoms with van der Waals surface area (Å²) in [5.41, 5.74) is 5.49. The normalized spacial score (nSPS) is 23.9. The molecule has 3 rings (SSSR count). The van der Waals surface area contributed by atoms with Crippen LogP contribution < -0.4 is 10.5 Å². The number of carbonyl (C=O) groups excluding carboxylic acids is 2. The van der Waals surface area contributed by atoms with Gasteiger partial charge in [0.15, 0.2) is 0 Å². The molecular weight excluding hydrogens is 390 g/mol. The third-order valence-electron chi connectivity index (χ3n) is 6.13. The molecule has 0 radical (unpaired) electrons. The number of hydrogen-bond acceptors (Lipinski definition) is 4. The Morgan fingerprint density at radius 3 is 2.55 bits per heavy atom. The Kier molecular flexibility index (Phi) is 7.41. The van der Waals surface area contributed by atoms with Gasteiger partial charge in [0.1, 0.15) is 11.9 Å². The molecule has 2 amide bonds. The number of halogens is 1. The molecule has 29 heavy (non-hydrogen) atoms. The number of ether oxygens (including phenoxy) is 1. The van der Waals surface area contributed by atoms with Crippen LogP contribution in [0, 0.1) is 11.8 Å². The van der Waals surface area contributed by atoms with E-state index in [1.807, 2.05) is 17.0 Å². The Morgan fingerprint density at radius 1 is 1.21 bits per heavy atom. The molecule has 2 fully saturated rings. The number of likely N-dealkylation sites (tertiary alicyclic amines) is 2. The SMILES string of the molecule is CC(C)N1CCC(C(=O)N2CC[C@H](Oc3cccc(Cl)c3)[C@@H](CC(N)=O)C2)CC1. The van der Waals surface area contributed by atoms with E-state index in [2.05, 4.69) is 18.7 Å². The van der Waals surface area contributed by atoms with Gasteiger partial charge in [-0.3, -0.25) is 9.59 Å². The Morgan fingerprint density at radius 2 is 1.93 bits per heavy atom. The zero-order valence-electron chi connectivity index (χ0n) is 17.4. The molecule has 7 heteroatoms. The summed E-state index contributed by atoms with van der Waals surface area (Å²) in [6.07, 6.45) is 2.53. The molecule has 1 aromatic carbocycles. The van der Waals surface area contributed by atoms with Crippen molar-refractivity contribution in [2.45, 2.75) is 51.7 Å². The average molecular weight is 422 g/mol. The van der Waals surface area contributed by atoms with E-state index in [9.17, 15) is 9.59 Å². The molecule has 2 atom stereocenters. The molecule has 0 unspecified atom stereocenters. The average Bonchev–Trinajstić information content (AvgIpc) is 2.68. The van der Waals surface area contributed by atoms with Gasteiger partial charge in [0.25, 0.3) is 0 Å². The lowest BCUT2D eigenvalue weighted by Gasteiger charge is -2.41. The molecular formula is C22H32ClN3O3. The fourth-order valence-corrected chi connectivity index (χ4v) is 4.64. The first kappa shape index (κ1) is 21.9. The van der Waals surface area contributed by atoms with Crippen LogP contribution in [0.1, 0.15) is 39.5 Å². The van der Waals surface area contributed by atoms with E-state index in [0.29, 0.717) is 36.3 Å². The maximum atomic E-state index is 13.1. The number of benzene rings is 1. The van der Waals surface area contributed by atoms with Crippen LogP contribution in [0.2, 0.25) is 5.02 Å². The predicted molar refractivity (Wildman–Crippen MR) is 114 cm³/mol. The van der Waals surface area contributed by atoms with Crippen LogP contribution in [0.15, 0.2) is 24.3 Å². The van der Waals surface area contributed by atoms with Crippen molar-refractivity contribution in [3.8, 4) is 5.75 Å². The smallest absolute Gasteiger partial charge is 0.225 e. The van der Waals surface area contributed by atoms with Gasteiger partial charge in [0.05, 0.1) is 0 Å². The zero-order valence-corrected chi connectivity index (χ0v) is 18.1. The van der Waals surface area contributed by atoms with Gasteiger partial charge in [0.2, 0.25) is 11.8 Å². The van der Waals surface area contributed by atoms with E-state index in [4.69, 9.17) is 22.1 Å². The lowest BCUT2D eigenvalue weighted by Crippen LogP contribution is -2.52. The molecule has 1 aromatic rings. The fraction of sp³-hybridized carbons (Fsp3) is 0.636. The summed E-state index contributed by atoms with van der Waals surface area (Å²) < 4.78 is 6.13. The monoisotopic (exact) mass is 421 g/mol. The van der Waals surface area contributed by atoms with Crippen molar-refractivity contribution >= 4 is 23.4 Å². The van der Waals surface area contributed by atoms with E-state index in [0.717, 1.165) is 25.9 Å². The van der Waals surface area contributed by atoms with Crippen molar-refractivity contribution in [2.24, 2.45) is 17.6 Å². The fourth-order valence-electron chi connectivity index (χ4n) is 4.46. The molecule has 2 aliphatic rings. The van der Waals surface area contributed by atoms with Crippen LogP contribution in [0.4, 0.5) is 0 Å². The first-order chi connectivity index (χ1) is 13.8. The number of nitrogens with two attached hydrogens (primary N) is 1. The topological polar surface area (TPSA) is 75.9 Å². The second kappa shape index (κ2) is 9.81. The van der Waals surface area contributed by atoms with Crippen molar-refractivity contribution < 1.29 is 14.3 Å². The lowest BCUT2D eigenvalue weighted by atomic mass is 9.88. The maximum Gasteiger partial charge on any atom is 0.225 e. The van der Waals surface area contributed by atoms with E-state index < -0.39 is 0 Å². The standard InChI is InChI=1S/C22H32ClN3O3/c1-15(2)25-9-6-16(7-10-25)22(28)26-11-8-20(17(14-26)12-21(24)27)29-19-5-3-4-18(23)13-19/h3-5,13,15-17,20H,6-12,14H2,1-2H3,(H2,24,27)/t17-,20-/m0/s1. The van der Waals surface area contributed by atoms with Crippen LogP contribution in [-0.4, -0.2) is 59.9 Å². The Bertz CT molecular complexity index is 719. The van der Waals surface area contributed by atoms with Gasteiger partial charge >= 0.3 is 0 Å². The molecule has 0 spiro atoms. The molecule has 160 valence electrons. The minimum Gasteiger partial charge on any atom is -0.490 e. The number of hydrogen-bond donors (Lipinski definition) is 1. The van der Waals surface area contributed by atoms with Crippen molar-refractivity contribution in [1.29, 1.82) is 0 Å². The van der Waals surface area contributed by atoms with E-state index in [1.54, 1.807) is 12.1 Å². The molecule has 0 saturated carbocycles. The summed E-state index contributed by atoms with van der Waals surface area (Å²) in [7, 11) is 0. The highest BCUT2D eigenvalue weighted by Crippen LogP contribution is 2.29. The van der Waals surface area contributed by atoms with E-state index in [1.165, 1.54) is 0 Å². The summed E-state index contributed by atoms with van der Waals surface area (Å²) >= 11 is 6.05. The van der Waals surface area contributed by atoms with Crippen LogP contribution in [0.25, 0.3) is 0 Å². The molecule has 6 nitrogen and oxygen atoms in total. The van der Waals surface area contributed by atoms with Gasteiger partial charge in [-0.25, -0.2) is 0 Å². The van der Waals surface area contributed by atoms with E-state index >= 15 is 0 Å². The maximum absolute atomic E-state index is 13.1. The first-order valence-corrected chi connectivity index (χ1v) is 10.9. The predicted octanol–water partition coefficient (Wildman–Crippen LogP) is 2.93. The first-order valence-electron chi connectivity index (χ1n) is 10.6. The Balaban J connectivity index is 1.62. The van der Waals surface area contributed by atoms with Crippen molar-refractivity contribution in [3.63, 3.8) is 0 Å². The zero-order chi connectivity index (χ0) is 21.0. The van der Waals surface area contributed by atoms with Crippen LogP contribution in [-0.2, 0) is 9.59 Å². The number of carbonyl (C=O) groups is 2. The number of piperidine rings is 2. The molecule has 2 heterocycles. The highest BCUT2D eigenvalue weighted by molar-refractivity contribution is 6.30. The minimum atomic E-state index is -0.366. The third-order valence-corrected chi connectivity index (χ3v) is 6.37. The van der Waals surface area contributed by atoms with E-state index in [-0.39, 0.29) is 36.2 Å². The largest absolute Gasteiger partial charge is 0.490 e. The third kappa shape index (κ3) is 5.86. The Labute approximate surface area is 178 Å². The Hall–Kier alpha value is -1.79. The number of nitrogens with zero attached hydrogens (tertiary/aromatic N) is 2. The van der Waals surface area contributed by atoms with Crippen LogP contribution >= 0.6 is 11.6 Å². The van der Waals surface area contributed by atoms with Gasteiger partial charge in [-0.1, -0.05) is 17.7 Å². The van der Waals surface area contributed by atoms with Gasteiger partial charge in [-0.2, -0.15) is 0 Å². The minimum absolute atomic E-state index is 0.0737. The highest BCUT2D eigenvalue weighted by atomic mass is 35.5. The second-order valence-corrected chi connectivity index (χ2v) is 8.96. The van der Waals surface area contributed by atoms with Crippen LogP contribution in [0.3, 0.4) is 0 Å². The summed E-state index contributed by atoms with van der Waals surface area (Å²) in [4.78, 5) is 29.1. The van der Waals surface area contributed by atoms with Gasteiger partial charge in [-0.15, -0.1) is 0 Å². The molecule has 0 bridgehead atoms. The molecule has 2 N–H and O–H groups in total. The summed E-state index contributed by atoms with van der Waals surface area (Å²) in [6.45, 7) is 7.48. The molecule has 0 aliphatic carbocycles. The van der Waals surface area contributed by atoms with Crippen molar-refractivity contribution in [3.05, 3.63) is 29.3 Å². The van der Waals surface area contributed by atoms with Crippen molar-refractivity contribution in [2.75, 3.05) is 26.2 Å². The summed E-state index contributed by atoms with van der Waals surface area (Å²) in [5, 5.41) is 0.606. The second-order valence-electron chi connectivity index (χ2n) is 8.52. The van der Waals surface area contributed by atoms with Gasteiger partial charge in [0, 0.05) is 48.8 Å². The number of amides is 2. The quantitative estimate of drug-likeness (QED) is 0.766. The van der Waals surface area contributed by atoms with Gasteiger partial charge in [-0.05, 0) is 58.0 Å². The summed E-state index contributed by atoms with van der Waals surface area (Å²) in [5.74, 6) is 0.487. The molecule has 2 saturated heterocycles. The summed E-state index contributed by atoms with van der Waals surface area (Å²) in [6, 6.07) is 7.77.